The van der Waals surface area contributed by atoms with Crippen molar-refractivity contribution in [2.75, 3.05) is 13.1 Å². The molecule has 0 radical (unpaired) electrons. The predicted octanol–water partition coefficient (Wildman–Crippen LogP) is 1.95. The smallest absolute Gasteiger partial charge is 0.471 e. The predicted molar refractivity (Wildman–Crippen MR) is 118 cm³/mol. The summed E-state index contributed by atoms with van der Waals surface area (Å²) in [5.74, 6) is -4.94. The highest BCUT2D eigenvalue weighted by Gasteiger charge is 2.39. The number of likely N-dealkylation sites (tertiary alicyclic amines) is 1. The Labute approximate surface area is 200 Å². The molecule has 1 aliphatic heterocycles. The number of carbonyl (C=O) groups is 4. The number of nitrogens with one attached hydrogen (secondary N) is 2. The van der Waals surface area contributed by atoms with Crippen LogP contribution in [0, 0.1) is 0 Å². The number of aryl methyl sites for hydroxylation is 1. The molecule has 2 rings (SSSR count). The summed E-state index contributed by atoms with van der Waals surface area (Å²) < 4.78 is 36.9. The summed E-state index contributed by atoms with van der Waals surface area (Å²) in [6, 6.07) is 6.02. The van der Waals surface area contributed by atoms with Crippen molar-refractivity contribution in [3.63, 3.8) is 0 Å². The maximum atomic E-state index is 13.2. The fraction of sp³-hybridized carbons (Fsp3) is 0.565. The Morgan fingerprint density at radius 3 is 2.31 bits per heavy atom. The Hall–Kier alpha value is -3.15. The number of carboxylic acid groups (broad SMARTS) is 2. The average Bonchev–Trinajstić information content (AvgIpc) is 3.30. The number of benzene rings is 1. The van der Waals surface area contributed by atoms with Gasteiger partial charge in [0, 0.05) is 13.1 Å². The van der Waals surface area contributed by atoms with Crippen molar-refractivity contribution in [1.82, 2.24) is 15.5 Å². The number of unbranched alkanes of at least 4 members (excludes halogenated alkanes) is 1. The summed E-state index contributed by atoms with van der Waals surface area (Å²) in [7, 11) is 0. The molecule has 35 heavy (non-hydrogen) atoms. The first kappa shape index (κ1) is 28.1. The molecule has 3 atom stereocenters. The molecule has 1 aromatic rings. The first-order chi connectivity index (χ1) is 16.5. The standard InChI is InChI=1S/C23H30F3N3O6/c24-23(25,26)22(35)27-13-5-4-9-16(19(30)29-14-6-10-18(29)21(33)34)28-17(20(31)32)12-11-15-7-2-1-3-8-15/h1-3,7-8,16-18,28H,4-6,9-14H2,(H,27,35)(H,31,32)(H,33,34)/t16-,17?,18-/m0/s1. The molecule has 1 aromatic carbocycles. The van der Waals surface area contributed by atoms with Crippen LogP contribution in [-0.4, -0.2) is 76.3 Å². The molecule has 4 N–H and O–H groups in total. The lowest BCUT2D eigenvalue weighted by Gasteiger charge is -2.29. The number of carboxylic acids is 2. The van der Waals surface area contributed by atoms with E-state index < -0.39 is 48.1 Å². The molecular weight excluding hydrogens is 471 g/mol. The summed E-state index contributed by atoms with van der Waals surface area (Å²) in [5.41, 5.74) is 0.911. The molecule has 1 fully saturated rings. The third-order valence-corrected chi connectivity index (χ3v) is 5.85. The molecular formula is C23H30F3N3O6. The second-order valence-electron chi connectivity index (χ2n) is 8.41. The van der Waals surface area contributed by atoms with Gasteiger partial charge in [-0.15, -0.1) is 0 Å². The molecule has 1 saturated heterocycles. The lowest BCUT2D eigenvalue weighted by atomic mass is 10.0. The molecule has 0 bridgehead atoms. The Bertz CT molecular complexity index is 881. The van der Waals surface area contributed by atoms with Crippen LogP contribution in [0.4, 0.5) is 13.2 Å². The van der Waals surface area contributed by atoms with Crippen molar-refractivity contribution < 1.29 is 42.6 Å². The summed E-state index contributed by atoms with van der Waals surface area (Å²) in [5, 5.41) is 23.7. The van der Waals surface area contributed by atoms with Gasteiger partial charge in [0.15, 0.2) is 0 Å². The van der Waals surface area contributed by atoms with Crippen LogP contribution in [0.1, 0.15) is 44.1 Å². The SMILES string of the molecule is O=C(O)C(CCc1ccccc1)N[C@@H](CCCCNC(=O)C(F)(F)F)C(=O)N1CCC[C@H]1C(=O)O. The van der Waals surface area contributed by atoms with E-state index in [1.165, 1.54) is 4.90 Å². The van der Waals surface area contributed by atoms with Crippen molar-refractivity contribution in [3.8, 4) is 0 Å². The van der Waals surface area contributed by atoms with E-state index in [4.69, 9.17) is 0 Å². The summed E-state index contributed by atoms with van der Waals surface area (Å²) in [6.45, 7) is -0.0472. The van der Waals surface area contributed by atoms with Crippen molar-refractivity contribution in [2.24, 2.45) is 0 Å². The van der Waals surface area contributed by atoms with E-state index in [1.54, 1.807) is 5.32 Å². The zero-order valence-corrected chi connectivity index (χ0v) is 19.1. The minimum Gasteiger partial charge on any atom is -0.480 e. The van der Waals surface area contributed by atoms with Gasteiger partial charge in [-0.1, -0.05) is 30.3 Å². The van der Waals surface area contributed by atoms with Gasteiger partial charge in [0.1, 0.15) is 12.1 Å². The largest absolute Gasteiger partial charge is 0.480 e. The number of rotatable bonds is 13. The minimum absolute atomic E-state index is 0.0681. The van der Waals surface area contributed by atoms with Gasteiger partial charge >= 0.3 is 24.0 Å². The number of alkyl halides is 3. The summed E-state index contributed by atoms with van der Waals surface area (Å²) in [6.07, 6.45) is -3.21. The van der Waals surface area contributed by atoms with Gasteiger partial charge in [-0.3, -0.25) is 19.7 Å². The van der Waals surface area contributed by atoms with Gasteiger partial charge in [-0.05, 0) is 50.5 Å². The van der Waals surface area contributed by atoms with Crippen LogP contribution >= 0.6 is 0 Å². The van der Waals surface area contributed by atoms with E-state index in [0.29, 0.717) is 12.8 Å². The van der Waals surface area contributed by atoms with Crippen molar-refractivity contribution in [3.05, 3.63) is 35.9 Å². The fourth-order valence-corrected chi connectivity index (χ4v) is 4.02. The van der Waals surface area contributed by atoms with Crippen molar-refractivity contribution >= 4 is 23.8 Å². The number of carbonyl (C=O) groups excluding carboxylic acids is 2. The number of nitrogens with zero attached hydrogens (tertiary/aromatic N) is 1. The van der Waals surface area contributed by atoms with E-state index >= 15 is 0 Å². The van der Waals surface area contributed by atoms with E-state index in [2.05, 4.69) is 5.32 Å². The topological polar surface area (TPSA) is 136 Å². The van der Waals surface area contributed by atoms with Crippen LogP contribution < -0.4 is 10.6 Å². The number of amides is 2. The molecule has 194 valence electrons. The molecule has 12 heteroatoms. The third kappa shape index (κ3) is 8.85. The maximum Gasteiger partial charge on any atom is 0.471 e. The minimum atomic E-state index is -4.99. The first-order valence-electron chi connectivity index (χ1n) is 11.4. The number of hydrogen-bond donors (Lipinski definition) is 4. The Morgan fingerprint density at radius 2 is 1.71 bits per heavy atom. The second kappa shape index (κ2) is 13.1. The molecule has 0 aliphatic carbocycles. The second-order valence-corrected chi connectivity index (χ2v) is 8.41. The van der Waals surface area contributed by atoms with E-state index in [0.717, 1.165) is 5.56 Å². The fourth-order valence-electron chi connectivity index (χ4n) is 4.02. The molecule has 2 amide bonds. The van der Waals surface area contributed by atoms with Gasteiger partial charge in [0.25, 0.3) is 0 Å². The molecule has 9 nitrogen and oxygen atoms in total. The molecule has 0 saturated carbocycles. The highest BCUT2D eigenvalue weighted by Crippen LogP contribution is 2.21. The highest BCUT2D eigenvalue weighted by atomic mass is 19.4. The summed E-state index contributed by atoms with van der Waals surface area (Å²) in [4.78, 5) is 48.7. The molecule has 0 aromatic heterocycles. The van der Waals surface area contributed by atoms with Gasteiger partial charge in [-0.2, -0.15) is 13.2 Å². The van der Waals surface area contributed by atoms with Gasteiger partial charge in [0.05, 0.1) is 6.04 Å². The monoisotopic (exact) mass is 501 g/mol. The first-order valence-corrected chi connectivity index (χ1v) is 11.4. The lowest BCUT2D eigenvalue weighted by Crippen LogP contribution is -2.54. The van der Waals surface area contributed by atoms with Crippen LogP contribution in [0.15, 0.2) is 30.3 Å². The van der Waals surface area contributed by atoms with Gasteiger partial charge < -0.3 is 20.4 Å². The van der Waals surface area contributed by atoms with Crippen molar-refractivity contribution in [2.45, 2.75) is 69.2 Å². The number of halogens is 3. The van der Waals surface area contributed by atoms with Crippen LogP contribution in [0.5, 0.6) is 0 Å². The third-order valence-electron chi connectivity index (χ3n) is 5.85. The van der Waals surface area contributed by atoms with Crippen molar-refractivity contribution in [1.29, 1.82) is 0 Å². The molecule has 1 heterocycles. The normalized spacial score (nSPS) is 17.6. The molecule has 1 aliphatic rings. The number of aliphatic carboxylic acids is 2. The number of hydrogen-bond acceptors (Lipinski definition) is 5. The Morgan fingerprint density at radius 1 is 1.03 bits per heavy atom. The van der Waals surface area contributed by atoms with Gasteiger partial charge in [0.2, 0.25) is 5.91 Å². The summed E-state index contributed by atoms with van der Waals surface area (Å²) >= 11 is 0. The van der Waals surface area contributed by atoms with Gasteiger partial charge in [-0.25, -0.2) is 4.79 Å². The molecule has 0 spiro atoms. The zero-order chi connectivity index (χ0) is 26.0. The van der Waals surface area contributed by atoms with E-state index in [1.807, 2.05) is 30.3 Å². The van der Waals surface area contributed by atoms with E-state index in [9.17, 15) is 42.6 Å². The van der Waals surface area contributed by atoms with Crippen LogP contribution in [0.25, 0.3) is 0 Å². The van der Waals surface area contributed by atoms with Crippen LogP contribution in [0.3, 0.4) is 0 Å². The van der Waals surface area contributed by atoms with Crippen LogP contribution in [0.2, 0.25) is 0 Å². The van der Waals surface area contributed by atoms with E-state index in [-0.39, 0.29) is 45.2 Å². The lowest BCUT2D eigenvalue weighted by molar-refractivity contribution is -0.173. The van der Waals surface area contributed by atoms with Crippen LogP contribution in [-0.2, 0) is 25.6 Å². The molecule has 1 unspecified atom stereocenters. The maximum absolute atomic E-state index is 13.2. The Kier molecular flexibility index (Phi) is 10.5. The Balaban J connectivity index is 2.04. The zero-order valence-electron chi connectivity index (χ0n) is 19.1. The average molecular weight is 502 g/mol. The quantitative estimate of drug-likeness (QED) is 0.303. The highest BCUT2D eigenvalue weighted by molar-refractivity contribution is 5.88.